The molecule has 4 nitrogen and oxygen atoms in total. The van der Waals surface area contributed by atoms with Gasteiger partial charge >= 0.3 is 0 Å². The summed E-state index contributed by atoms with van der Waals surface area (Å²) in [7, 11) is 2.06. The number of hydrogen-bond donors (Lipinski definition) is 1. The lowest BCUT2D eigenvalue weighted by Gasteiger charge is -2.18. The predicted molar refractivity (Wildman–Crippen MR) is 96.7 cm³/mol. The average molecular weight is 387 g/mol. The third kappa shape index (κ3) is 4.86. The van der Waals surface area contributed by atoms with Gasteiger partial charge in [0.2, 0.25) is 0 Å². The first kappa shape index (κ1) is 16.6. The second-order valence-electron chi connectivity index (χ2n) is 4.61. The molecule has 0 radical (unpaired) electrons. The molecule has 0 atom stereocenters. The molecule has 0 saturated carbocycles. The van der Waals surface area contributed by atoms with Crippen LogP contribution in [0.5, 0.6) is 0 Å². The number of halogens is 1. The SMILES string of the molecule is CCCNc1cc(N(C)Cc2cc(Br)cs2)nc(SC)n1. The molecule has 0 saturated heterocycles. The zero-order valence-corrected chi connectivity index (χ0v) is 15.6. The van der Waals surface area contributed by atoms with Crippen molar-refractivity contribution in [3.8, 4) is 0 Å². The van der Waals surface area contributed by atoms with Gasteiger partial charge in [0, 0.05) is 34.4 Å². The minimum Gasteiger partial charge on any atom is -0.370 e. The summed E-state index contributed by atoms with van der Waals surface area (Å²) in [6, 6.07) is 4.16. The van der Waals surface area contributed by atoms with Crippen molar-refractivity contribution in [1.29, 1.82) is 0 Å². The lowest BCUT2D eigenvalue weighted by molar-refractivity contribution is 0.860. The maximum absolute atomic E-state index is 4.59. The Hall–Kier alpha value is -0.790. The smallest absolute Gasteiger partial charge is 0.191 e. The minimum absolute atomic E-state index is 0.797. The molecule has 7 heteroatoms. The van der Waals surface area contributed by atoms with E-state index in [0.717, 1.165) is 40.8 Å². The van der Waals surface area contributed by atoms with Crippen molar-refractivity contribution in [3.05, 3.63) is 26.9 Å². The fourth-order valence-electron chi connectivity index (χ4n) is 1.79. The lowest BCUT2D eigenvalue weighted by atomic mass is 10.4. The number of thioether (sulfide) groups is 1. The van der Waals surface area contributed by atoms with Gasteiger partial charge in [0.1, 0.15) is 11.6 Å². The van der Waals surface area contributed by atoms with Gasteiger partial charge in [0.15, 0.2) is 5.16 Å². The summed E-state index contributed by atoms with van der Waals surface area (Å²) in [4.78, 5) is 12.5. The molecule has 2 heterocycles. The monoisotopic (exact) mass is 386 g/mol. The van der Waals surface area contributed by atoms with Crippen LogP contribution in [0.4, 0.5) is 11.6 Å². The lowest BCUT2D eigenvalue weighted by Crippen LogP contribution is -2.18. The Kier molecular flexibility index (Phi) is 6.32. The van der Waals surface area contributed by atoms with Gasteiger partial charge < -0.3 is 10.2 Å². The van der Waals surface area contributed by atoms with E-state index in [-0.39, 0.29) is 0 Å². The van der Waals surface area contributed by atoms with E-state index in [9.17, 15) is 0 Å². The number of nitrogens with zero attached hydrogens (tertiary/aromatic N) is 3. The molecular formula is C14H19BrN4S2. The van der Waals surface area contributed by atoms with Crippen LogP contribution in [0.2, 0.25) is 0 Å². The summed E-state index contributed by atoms with van der Waals surface area (Å²) in [6.07, 6.45) is 3.08. The van der Waals surface area contributed by atoms with E-state index in [1.807, 2.05) is 12.3 Å². The topological polar surface area (TPSA) is 41.0 Å². The first-order valence-electron chi connectivity index (χ1n) is 6.73. The van der Waals surface area contributed by atoms with Crippen molar-refractivity contribution in [1.82, 2.24) is 9.97 Å². The fourth-order valence-corrected chi connectivity index (χ4v) is 3.67. The molecule has 21 heavy (non-hydrogen) atoms. The molecule has 114 valence electrons. The van der Waals surface area contributed by atoms with Crippen molar-refractivity contribution < 1.29 is 0 Å². The van der Waals surface area contributed by atoms with Gasteiger partial charge in [-0.15, -0.1) is 11.3 Å². The Morgan fingerprint density at radius 3 is 2.81 bits per heavy atom. The van der Waals surface area contributed by atoms with E-state index in [2.05, 4.69) is 61.5 Å². The number of hydrogen-bond acceptors (Lipinski definition) is 6. The maximum atomic E-state index is 4.59. The molecule has 0 bridgehead atoms. The molecule has 2 rings (SSSR count). The summed E-state index contributed by atoms with van der Waals surface area (Å²) in [5.41, 5.74) is 0. The third-order valence-electron chi connectivity index (χ3n) is 2.84. The predicted octanol–water partition coefficient (Wildman–Crippen LogP) is 4.48. The number of nitrogens with one attached hydrogen (secondary N) is 1. The van der Waals surface area contributed by atoms with Crippen LogP contribution in [0.3, 0.4) is 0 Å². The minimum atomic E-state index is 0.797. The van der Waals surface area contributed by atoms with Gasteiger partial charge in [-0.1, -0.05) is 18.7 Å². The molecule has 1 N–H and O–H groups in total. The van der Waals surface area contributed by atoms with Gasteiger partial charge in [0.05, 0.1) is 6.54 Å². The van der Waals surface area contributed by atoms with E-state index in [0.29, 0.717) is 0 Å². The van der Waals surface area contributed by atoms with Crippen molar-refractivity contribution in [2.45, 2.75) is 25.0 Å². The van der Waals surface area contributed by atoms with Crippen molar-refractivity contribution in [2.24, 2.45) is 0 Å². The van der Waals surface area contributed by atoms with Gasteiger partial charge in [0.25, 0.3) is 0 Å². The van der Waals surface area contributed by atoms with Gasteiger partial charge in [-0.2, -0.15) is 0 Å². The summed E-state index contributed by atoms with van der Waals surface area (Å²) < 4.78 is 1.13. The Morgan fingerprint density at radius 1 is 1.38 bits per heavy atom. The van der Waals surface area contributed by atoms with E-state index < -0.39 is 0 Å². The molecular weight excluding hydrogens is 368 g/mol. The van der Waals surface area contributed by atoms with E-state index in [1.54, 1.807) is 23.1 Å². The first-order chi connectivity index (χ1) is 10.1. The molecule has 2 aromatic heterocycles. The zero-order chi connectivity index (χ0) is 15.2. The second-order valence-corrected chi connectivity index (χ2v) is 7.30. The number of thiophene rings is 1. The maximum Gasteiger partial charge on any atom is 0.191 e. The van der Waals surface area contributed by atoms with Crippen LogP contribution in [0.1, 0.15) is 18.2 Å². The van der Waals surface area contributed by atoms with Crippen LogP contribution in [-0.2, 0) is 6.54 Å². The first-order valence-corrected chi connectivity index (χ1v) is 9.63. The number of aromatic nitrogens is 2. The van der Waals surface area contributed by atoms with E-state index >= 15 is 0 Å². The van der Waals surface area contributed by atoms with Crippen molar-refractivity contribution in [2.75, 3.05) is 30.1 Å². The second kappa shape index (κ2) is 8.00. The van der Waals surface area contributed by atoms with Crippen LogP contribution >= 0.6 is 39.0 Å². The van der Waals surface area contributed by atoms with Crippen molar-refractivity contribution in [3.63, 3.8) is 0 Å². The Balaban J connectivity index is 2.16. The van der Waals surface area contributed by atoms with E-state index in [4.69, 9.17) is 0 Å². The third-order valence-corrected chi connectivity index (χ3v) is 5.07. The largest absolute Gasteiger partial charge is 0.370 e. The highest BCUT2D eigenvalue weighted by atomic mass is 79.9. The highest BCUT2D eigenvalue weighted by molar-refractivity contribution is 9.10. The van der Waals surface area contributed by atoms with Gasteiger partial charge in [-0.05, 0) is 34.7 Å². The van der Waals surface area contributed by atoms with Crippen molar-refractivity contribution >= 4 is 50.7 Å². The number of anilines is 2. The van der Waals surface area contributed by atoms with Gasteiger partial charge in [-0.25, -0.2) is 9.97 Å². The van der Waals surface area contributed by atoms with Crippen LogP contribution in [0.15, 0.2) is 27.1 Å². The standard InChI is InChI=1S/C14H19BrN4S2/c1-4-5-16-12-7-13(18-14(17-12)20-3)19(2)8-11-6-10(15)9-21-11/h6-7,9H,4-5,8H2,1-3H3,(H,16,17,18). The molecule has 0 aliphatic rings. The van der Waals surface area contributed by atoms with Gasteiger partial charge in [-0.3, -0.25) is 0 Å². The van der Waals surface area contributed by atoms with E-state index in [1.165, 1.54) is 4.88 Å². The highest BCUT2D eigenvalue weighted by Crippen LogP contribution is 2.24. The zero-order valence-electron chi connectivity index (χ0n) is 12.4. The Morgan fingerprint density at radius 2 is 2.19 bits per heavy atom. The fraction of sp³-hybridized carbons (Fsp3) is 0.429. The molecule has 2 aromatic rings. The molecule has 0 aliphatic heterocycles. The molecule has 0 unspecified atom stereocenters. The molecule has 0 spiro atoms. The van der Waals surface area contributed by atoms with Crippen LogP contribution in [0.25, 0.3) is 0 Å². The van der Waals surface area contributed by atoms with Crippen LogP contribution in [-0.4, -0.2) is 29.8 Å². The highest BCUT2D eigenvalue weighted by Gasteiger charge is 2.09. The quantitative estimate of drug-likeness (QED) is 0.560. The average Bonchev–Trinajstić information content (AvgIpc) is 2.89. The van der Waals surface area contributed by atoms with Crippen LogP contribution in [0, 0.1) is 0 Å². The molecule has 0 aliphatic carbocycles. The molecule has 0 aromatic carbocycles. The number of rotatable bonds is 7. The summed E-state index contributed by atoms with van der Waals surface area (Å²) in [6.45, 7) is 3.91. The Bertz CT molecular complexity index is 588. The molecule has 0 amide bonds. The molecule has 0 fully saturated rings. The summed E-state index contributed by atoms with van der Waals surface area (Å²) >= 11 is 6.81. The Labute approximate surface area is 142 Å². The summed E-state index contributed by atoms with van der Waals surface area (Å²) in [5, 5.41) is 6.23. The van der Waals surface area contributed by atoms with Crippen LogP contribution < -0.4 is 10.2 Å². The normalized spacial score (nSPS) is 10.7. The summed E-state index contributed by atoms with van der Waals surface area (Å²) in [5.74, 6) is 1.84.